The number of hydrogen-bond acceptors (Lipinski definition) is 5. The van der Waals surface area contributed by atoms with Crippen LogP contribution in [0.25, 0.3) is 0 Å². The lowest BCUT2D eigenvalue weighted by Crippen LogP contribution is -2.55. The van der Waals surface area contributed by atoms with Gasteiger partial charge in [0.05, 0.1) is 12.6 Å². The molecule has 1 heterocycles. The van der Waals surface area contributed by atoms with E-state index in [0.29, 0.717) is 25.2 Å². The van der Waals surface area contributed by atoms with Crippen molar-refractivity contribution < 1.29 is 28.3 Å². The van der Waals surface area contributed by atoms with E-state index in [-0.39, 0.29) is 18.6 Å². The maximum Gasteiger partial charge on any atom is 0.326 e. The molecule has 1 saturated heterocycles. The van der Waals surface area contributed by atoms with Crippen LogP contribution in [0.5, 0.6) is 0 Å². The van der Waals surface area contributed by atoms with Crippen molar-refractivity contribution in [2.24, 2.45) is 11.8 Å². The number of carbonyl (C=O) groups excluding carboxylic acids is 2. The molecule has 1 amide bonds. The topological polar surface area (TPSA) is 95.9 Å². The van der Waals surface area contributed by atoms with E-state index in [1.54, 1.807) is 6.92 Å². The molecule has 0 radical (unpaired) electrons. The molecule has 0 aromatic carbocycles. The SMILES string of the molecule is [2H]C([2H])([2H])[C@H](N[C@@H](CCC1CCCCC1)C(=O)OCC)C(=O)N1[C@H](C(=O)O)C[C@@H]2CCC[C@@H]21. The fraction of sp³-hybridized carbons (Fsp3) is 0.870. The van der Waals surface area contributed by atoms with Gasteiger partial charge >= 0.3 is 11.9 Å². The molecule has 7 heteroatoms. The molecule has 0 spiro atoms. The van der Waals surface area contributed by atoms with Gasteiger partial charge in [-0.3, -0.25) is 14.9 Å². The monoisotopic (exact) mass is 425 g/mol. The highest BCUT2D eigenvalue weighted by Gasteiger charge is 2.49. The number of hydrogen-bond donors (Lipinski definition) is 2. The average molecular weight is 426 g/mol. The molecule has 3 rings (SSSR count). The first-order valence-electron chi connectivity index (χ1n) is 13.1. The highest BCUT2D eigenvalue weighted by atomic mass is 16.5. The number of ether oxygens (including phenoxy) is 1. The van der Waals surface area contributed by atoms with Gasteiger partial charge in [0.1, 0.15) is 12.1 Å². The largest absolute Gasteiger partial charge is 0.480 e. The molecule has 2 N–H and O–H groups in total. The Bertz CT molecular complexity index is 711. The summed E-state index contributed by atoms with van der Waals surface area (Å²) < 4.78 is 29.3. The summed E-state index contributed by atoms with van der Waals surface area (Å²) in [5.74, 6) is -1.86. The fourth-order valence-corrected chi connectivity index (χ4v) is 5.64. The molecular formula is C23H38N2O5. The van der Waals surface area contributed by atoms with Crippen molar-refractivity contribution in [1.82, 2.24) is 10.2 Å². The van der Waals surface area contributed by atoms with Gasteiger partial charge in [0.2, 0.25) is 5.91 Å². The molecule has 2 aliphatic carbocycles. The van der Waals surface area contributed by atoms with Crippen molar-refractivity contribution >= 4 is 17.8 Å². The predicted octanol–water partition coefficient (Wildman–Crippen LogP) is 3.11. The molecule has 7 nitrogen and oxygen atoms in total. The van der Waals surface area contributed by atoms with Crippen molar-refractivity contribution in [3.8, 4) is 0 Å². The van der Waals surface area contributed by atoms with Crippen molar-refractivity contribution in [2.75, 3.05) is 6.61 Å². The van der Waals surface area contributed by atoms with Gasteiger partial charge in [-0.1, -0.05) is 38.5 Å². The lowest BCUT2D eigenvalue weighted by molar-refractivity contribution is -0.151. The predicted molar refractivity (Wildman–Crippen MR) is 113 cm³/mol. The van der Waals surface area contributed by atoms with Gasteiger partial charge < -0.3 is 14.7 Å². The summed E-state index contributed by atoms with van der Waals surface area (Å²) in [5, 5.41) is 12.5. The van der Waals surface area contributed by atoms with Crippen LogP contribution in [0.2, 0.25) is 0 Å². The number of nitrogens with one attached hydrogen (secondary N) is 1. The molecule has 3 aliphatic rings. The third-order valence-corrected chi connectivity index (χ3v) is 7.15. The van der Waals surface area contributed by atoms with Gasteiger partial charge in [0.15, 0.2) is 0 Å². The van der Waals surface area contributed by atoms with E-state index in [2.05, 4.69) is 5.32 Å². The molecule has 3 fully saturated rings. The fourth-order valence-electron chi connectivity index (χ4n) is 5.64. The van der Waals surface area contributed by atoms with Crippen LogP contribution >= 0.6 is 0 Å². The summed E-state index contributed by atoms with van der Waals surface area (Å²) in [6, 6.07) is -3.86. The Morgan fingerprint density at radius 3 is 2.60 bits per heavy atom. The van der Waals surface area contributed by atoms with Gasteiger partial charge in [-0.15, -0.1) is 0 Å². The van der Waals surface area contributed by atoms with Crippen molar-refractivity contribution in [3.05, 3.63) is 0 Å². The van der Waals surface area contributed by atoms with Crippen LogP contribution in [0.15, 0.2) is 0 Å². The van der Waals surface area contributed by atoms with Crippen LogP contribution in [0, 0.1) is 11.8 Å². The number of carboxylic acid groups (broad SMARTS) is 1. The van der Waals surface area contributed by atoms with Crippen LogP contribution < -0.4 is 5.32 Å². The van der Waals surface area contributed by atoms with E-state index in [1.807, 2.05) is 0 Å². The number of rotatable bonds is 9. The first-order chi connectivity index (χ1) is 15.6. The summed E-state index contributed by atoms with van der Waals surface area (Å²) in [6.07, 6.45) is 9.62. The quantitative estimate of drug-likeness (QED) is 0.551. The summed E-state index contributed by atoms with van der Waals surface area (Å²) in [5.41, 5.74) is 0. The normalized spacial score (nSPS) is 30.6. The van der Waals surface area contributed by atoms with Gasteiger partial charge in [-0.2, -0.15) is 0 Å². The van der Waals surface area contributed by atoms with Gasteiger partial charge in [-0.25, -0.2) is 4.79 Å². The average Bonchev–Trinajstić information content (AvgIpc) is 3.34. The van der Waals surface area contributed by atoms with E-state index in [4.69, 9.17) is 8.85 Å². The maximum absolute atomic E-state index is 13.6. The van der Waals surface area contributed by atoms with E-state index in [9.17, 15) is 19.5 Å². The van der Waals surface area contributed by atoms with Gasteiger partial charge in [0, 0.05) is 10.2 Å². The zero-order valence-corrected chi connectivity index (χ0v) is 18.0. The number of likely N-dealkylation sites (tertiary alicyclic amines) is 1. The number of esters is 1. The standard InChI is InChI=1S/C23H38N2O5/c1-3-30-23(29)18(13-12-16-8-5-4-6-9-16)24-15(2)21(26)25-19-11-7-10-17(19)14-20(25)22(27)28/h15-20,24H,3-14H2,1-2H3,(H,27,28)/t15-,17-,18-,19-,20-/m0/s1/i2D3. The second kappa shape index (κ2) is 10.6. The minimum Gasteiger partial charge on any atom is -0.480 e. The number of fused-ring (bicyclic) bond motifs is 1. The highest BCUT2D eigenvalue weighted by molar-refractivity contribution is 5.88. The third kappa shape index (κ3) is 5.34. The van der Waals surface area contributed by atoms with Crippen LogP contribution in [0.1, 0.15) is 88.5 Å². The van der Waals surface area contributed by atoms with Crippen molar-refractivity contribution in [1.29, 1.82) is 0 Å². The summed E-state index contributed by atoms with van der Waals surface area (Å²) >= 11 is 0. The van der Waals surface area contributed by atoms with E-state index < -0.39 is 42.8 Å². The van der Waals surface area contributed by atoms with Gasteiger partial charge in [0.25, 0.3) is 0 Å². The number of nitrogens with zero attached hydrogens (tertiary/aromatic N) is 1. The Morgan fingerprint density at radius 1 is 1.17 bits per heavy atom. The Hall–Kier alpha value is -1.63. The van der Waals surface area contributed by atoms with Crippen LogP contribution in [0.3, 0.4) is 0 Å². The van der Waals surface area contributed by atoms with E-state index in [0.717, 1.165) is 44.9 Å². The number of carboxylic acids is 1. The number of carbonyl (C=O) groups is 3. The van der Waals surface area contributed by atoms with Crippen LogP contribution in [-0.4, -0.2) is 58.6 Å². The van der Waals surface area contributed by atoms with Crippen molar-refractivity contribution in [3.63, 3.8) is 0 Å². The maximum atomic E-state index is 13.6. The minimum atomic E-state index is -2.73. The molecule has 170 valence electrons. The lowest BCUT2D eigenvalue weighted by Gasteiger charge is -2.32. The molecular weight excluding hydrogens is 384 g/mol. The molecule has 2 saturated carbocycles. The second-order valence-corrected chi connectivity index (χ2v) is 9.08. The third-order valence-electron chi connectivity index (χ3n) is 7.15. The zero-order valence-electron chi connectivity index (χ0n) is 21.0. The number of aliphatic carboxylic acids is 1. The molecule has 30 heavy (non-hydrogen) atoms. The first-order valence-corrected chi connectivity index (χ1v) is 11.6. The molecule has 0 unspecified atom stereocenters. The van der Waals surface area contributed by atoms with Crippen LogP contribution in [-0.2, 0) is 19.1 Å². The Kier molecular flexibility index (Phi) is 6.74. The zero-order chi connectivity index (χ0) is 24.2. The van der Waals surface area contributed by atoms with E-state index >= 15 is 0 Å². The molecule has 1 aliphatic heterocycles. The van der Waals surface area contributed by atoms with E-state index in [1.165, 1.54) is 11.3 Å². The summed E-state index contributed by atoms with van der Waals surface area (Å²) in [7, 11) is 0. The molecule has 0 aromatic heterocycles. The minimum absolute atomic E-state index is 0.0828. The molecule has 0 aromatic rings. The summed E-state index contributed by atoms with van der Waals surface area (Å²) in [4.78, 5) is 39.4. The van der Waals surface area contributed by atoms with Crippen LogP contribution in [0.4, 0.5) is 0 Å². The Morgan fingerprint density at radius 2 is 1.93 bits per heavy atom. The second-order valence-electron chi connectivity index (χ2n) is 9.08. The molecule has 0 bridgehead atoms. The van der Waals surface area contributed by atoms with Crippen molar-refractivity contribution in [2.45, 2.75) is 109 Å². The first kappa shape index (κ1) is 19.1. The Balaban J connectivity index is 1.79. The highest BCUT2D eigenvalue weighted by Crippen LogP contribution is 2.41. The lowest BCUT2D eigenvalue weighted by atomic mass is 9.85. The summed E-state index contributed by atoms with van der Waals surface area (Å²) in [6.45, 7) is -0.888. The molecule has 5 atom stereocenters. The Labute approximate surface area is 184 Å². The van der Waals surface area contributed by atoms with Gasteiger partial charge in [-0.05, 0) is 57.7 Å². The smallest absolute Gasteiger partial charge is 0.326 e. The number of amides is 1.